The molecule has 0 saturated heterocycles. The summed E-state index contributed by atoms with van der Waals surface area (Å²) in [6, 6.07) is 2.38. The van der Waals surface area contributed by atoms with Crippen molar-refractivity contribution in [3.8, 4) is 0 Å². The third kappa shape index (κ3) is 3.69. The van der Waals surface area contributed by atoms with Crippen molar-refractivity contribution in [1.82, 2.24) is 9.88 Å². The van der Waals surface area contributed by atoms with Crippen molar-refractivity contribution in [2.45, 2.75) is 50.7 Å². The second-order valence-corrected chi connectivity index (χ2v) is 8.41. The number of anilines is 1. The predicted molar refractivity (Wildman–Crippen MR) is 113 cm³/mol. The van der Waals surface area contributed by atoms with Crippen LogP contribution in [0.4, 0.5) is 14.5 Å². The Morgan fingerprint density at radius 1 is 1.25 bits per heavy atom. The molecule has 1 aliphatic carbocycles. The zero-order chi connectivity index (χ0) is 23.2. The summed E-state index contributed by atoms with van der Waals surface area (Å²) in [5, 5.41) is 5.17. The van der Waals surface area contributed by atoms with E-state index in [1.165, 1.54) is 0 Å². The van der Waals surface area contributed by atoms with Gasteiger partial charge in [-0.05, 0) is 50.3 Å². The van der Waals surface area contributed by atoms with Gasteiger partial charge in [-0.2, -0.15) is 0 Å². The normalized spacial score (nSPS) is 16.9. The number of aromatic nitrogens is 1. The van der Waals surface area contributed by atoms with Crippen molar-refractivity contribution in [3.63, 3.8) is 0 Å². The van der Waals surface area contributed by atoms with Crippen LogP contribution in [0.2, 0.25) is 0 Å². The van der Waals surface area contributed by atoms with Crippen LogP contribution >= 0.6 is 0 Å². The number of nitrogens with two attached hydrogens (primary N) is 2. The number of hydrogen-bond acceptors (Lipinski definition) is 5. The average Bonchev–Trinajstić information content (AvgIpc) is 3.29. The largest absolute Gasteiger partial charge is 0.342 e. The molecule has 1 aromatic carbocycles. The number of rotatable bonds is 7. The molecule has 0 spiro atoms. The summed E-state index contributed by atoms with van der Waals surface area (Å²) in [4.78, 5) is 38.8. The minimum atomic E-state index is -0.911. The number of Topliss-reactive ketones (excluding diaryl/α,β-unsaturated/α-hetero) is 1. The summed E-state index contributed by atoms with van der Waals surface area (Å²) in [5.74, 6) is -3.84. The molecule has 32 heavy (non-hydrogen) atoms. The van der Waals surface area contributed by atoms with Gasteiger partial charge >= 0.3 is 0 Å². The Balaban J connectivity index is 1.62. The number of fused-ring (bicyclic) bond motifs is 1. The Labute approximate surface area is 183 Å². The quantitative estimate of drug-likeness (QED) is 0.378. The fraction of sp³-hybridized carbons (Fsp3) is 0.409. The Morgan fingerprint density at radius 3 is 2.59 bits per heavy atom. The first-order valence-corrected chi connectivity index (χ1v) is 10.5. The summed E-state index contributed by atoms with van der Waals surface area (Å²) in [5.41, 5.74) is 12.1. The van der Waals surface area contributed by atoms with Gasteiger partial charge < -0.3 is 26.7 Å². The topological polar surface area (TPSA) is 132 Å². The lowest BCUT2D eigenvalue weighted by molar-refractivity contribution is -0.118. The second-order valence-electron chi connectivity index (χ2n) is 8.41. The third-order valence-corrected chi connectivity index (χ3v) is 6.35. The van der Waals surface area contributed by atoms with Gasteiger partial charge in [0, 0.05) is 30.9 Å². The number of amides is 2. The number of carbonyl (C=O) groups excluding carboxylic acids is 3. The average molecular weight is 445 g/mol. The van der Waals surface area contributed by atoms with Crippen molar-refractivity contribution in [2.75, 3.05) is 11.9 Å². The number of hydrogen-bond donors (Lipinski definition) is 4. The van der Waals surface area contributed by atoms with Crippen LogP contribution in [0, 0.1) is 18.6 Å². The SMILES string of the molecule is Cc1c(C(=O)C(=O)NC2(C(N)CN)CC2)c2n(c1C(=O)Nc1ccc(F)cc1F)CCC2. The van der Waals surface area contributed by atoms with Crippen molar-refractivity contribution in [1.29, 1.82) is 0 Å². The summed E-state index contributed by atoms with van der Waals surface area (Å²) >= 11 is 0. The van der Waals surface area contributed by atoms with E-state index >= 15 is 0 Å². The molecule has 1 aromatic heterocycles. The van der Waals surface area contributed by atoms with Gasteiger partial charge in [0.1, 0.15) is 17.3 Å². The van der Waals surface area contributed by atoms with Gasteiger partial charge in [-0.1, -0.05) is 0 Å². The standard InChI is InChI=1S/C22H25F2N5O3/c1-11-17(19(30)21(32)28-22(6-7-22)16(26)10-25)15-3-2-8-29(15)18(11)20(31)27-14-5-4-12(23)9-13(14)24/h4-5,9,16H,2-3,6-8,10,25-26H2,1H3,(H,27,31)(H,28,32). The van der Waals surface area contributed by atoms with Gasteiger partial charge in [-0.25, -0.2) is 8.78 Å². The van der Waals surface area contributed by atoms with Crippen LogP contribution in [0.5, 0.6) is 0 Å². The van der Waals surface area contributed by atoms with Crippen LogP contribution < -0.4 is 22.1 Å². The minimum absolute atomic E-state index is 0.178. The molecule has 2 amide bonds. The van der Waals surface area contributed by atoms with Gasteiger partial charge in [-0.15, -0.1) is 0 Å². The molecule has 1 atom stereocenters. The first kappa shape index (κ1) is 22.1. The maximum absolute atomic E-state index is 14.0. The lowest BCUT2D eigenvalue weighted by atomic mass is 10.0. The Hall–Kier alpha value is -3.11. The first-order chi connectivity index (χ1) is 15.2. The molecule has 2 heterocycles. The summed E-state index contributed by atoms with van der Waals surface area (Å²) in [6.07, 6.45) is 2.52. The monoisotopic (exact) mass is 445 g/mol. The molecule has 170 valence electrons. The number of ketones is 1. The van der Waals surface area contributed by atoms with Gasteiger partial charge in [0.05, 0.1) is 16.8 Å². The van der Waals surface area contributed by atoms with Crippen LogP contribution in [0.15, 0.2) is 18.2 Å². The number of halogens is 2. The van der Waals surface area contributed by atoms with E-state index in [0.717, 1.165) is 12.1 Å². The molecular weight excluding hydrogens is 420 g/mol. The van der Waals surface area contributed by atoms with Gasteiger partial charge in [0.15, 0.2) is 0 Å². The fourth-order valence-electron chi connectivity index (χ4n) is 4.43. The summed E-state index contributed by atoms with van der Waals surface area (Å²) < 4.78 is 28.9. The van der Waals surface area contributed by atoms with Crippen LogP contribution in [-0.4, -0.2) is 40.3 Å². The first-order valence-electron chi connectivity index (χ1n) is 10.5. The van der Waals surface area contributed by atoms with Crippen LogP contribution in [-0.2, 0) is 17.8 Å². The van der Waals surface area contributed by atoms with Crippen LogP contribution in [0.1, 0.15) is 51.4 Å². The van der Waals surface area contributed by atoms with E-state index in [0.29, 0.717) is 49.6 Å². The van der Waals surface area contributed by atoms with Crippen molar-refractivity contribution in [3.05, 3.63) is 52.3 Å². The zero-order valence-electron chi connectivity index (χ0n) is 17.6. The highest BCUT2D eigenvalue weighted by Crippen LogP contribution is 2.38. The number of benzene rings is 1. The highest BCUT2D eigenvalue weighted by molar-refractivity contribution is 6.44. The number of nitrogens with one attached hydrogen (secondary N) is 2. The highest BCUT2D eigenvalue weighted by Gasteiger charge is 2.49. The maximum Gasteiger partial charge on any atom is 0.292 e. The molecule has 10 heteroatoms. The molecule has 1 fully saturated rings. The van der Waals surface area contributed by atoms with Gasteiger partial charge in [0.2, 0.25) is 0 Å². The van der Waals surface area contributed by atoms with Gasteiger partial charge in [0.25, 0.3) is 17.6 Å². The molecule has 1 aliphatic heterocycles. The predicted octanol–water partition coefficient (Wildman–Crippen LogP) is 1.39. The smallest absolute Gasteiger partial charge is 0.292 e. The van der Waals surface area contributed by atoms with E-state index in [1.807, 2.05) is 0 Å². The van der Waals surface area contributed by atoms with Crippen LogP contribution in [0.3, 0.4) is 0 Å². The van der Waals surface area contributed by atoms with E-state index < -0.39 is 40.8 Å². The molecule has 2 aliphatic rings. The number of carbonyl (C=O) groups is 3. The lowest BCUT2D eigenvalue weighted by Gasteiger charge is -2.23. The van der Waals surface area contributed by atoms with Crippen molar-refractivity contribution in [2.24, 2.45) is 11.5 Å². The molecule has 1 unspecified atom stereocenters. The fourth-order valence-corrected chi connectivity index (χ4v) is 4.43. The third-order valence-electron chi connectivity index (χ3n) is 6.35. The molecule has 2 aromatic rings. The van der Waals surface area contributed by atoms with Gasteiger partial charge in [-0.3, -0.25) is 14.4 Å². The van der Waals surface area contributed by atoms with E-state index in [9.17, 15) is 23.2 Å². The molecular formula is C22H25F2N5O3. The van der Waals surface area contributed by atoms with Crippen molar-refractivity contribution >= 4 is 23.3 Å². The maximum atomic E-state index is 14.0. The van der Waals surface area contributed by atoms with E-state index in [1.54, 1.807) is 11.5 Å². The van der Waals surface area contributed by atoms with E-state index in [2.05, 4.69) is 10.6 Å². The minimum Gasteiger partial charge on any atom is -0.342 e. The van der Waals surface area contributed by atoms with E-state index in [-0.39, 0.29) is 23.5 Å². The summed E-state index contributed by atoms with van der Waals surface area (Å²) in [6.45, 7) is 2.25. The Kier molecular flexibility index (Phi) is 5.59. The Bertz CT molecular complexity index is 1120. The van der Waals surface area contributed by atoms with Crippen molar-refractivity contribution < 1.29 is 23.2 Å². The second kappa shape index (κ2) is 8.10. The van der Waals surface area contributed by atoms with Crippen LogP contribution in [0.25, 0.3) is 0 Å². The highest BCUT2D eigenvalue weighted by atomic mass is 19.1. The molecule has 0 bridgehead atoms. The number of nitrogens with zero attached hydrogens (tertiary/aromatic N) is 1. The summed E-state index contributed by atoms with van der Waals surface area (Å²) in [7, 11) is 0. The molecule has 4 rings (SSSR count). The molecule has 6 N–H and O–H groups in total. The molecule has 0 radical (unpaired) electrons. The van der Waals surface area contributed by atoms with E-state index in [4.69, 9.17) is 11.5 Å². The molecule has 8 nitrogen and oxygen atoms in total. The lowest BCUT2D eigenvalue weighted by Crippen LogP contribution is -2.54. The zero-order valence-corrected chi connectivity index (χ0v) is 17.6. The molecule has 1 saturated carbocycles. The Morgan fingerprint density at radius 2 is 1.97 bits per heavy atom.